The molecular formula is C15H17F3N2O. The van der Waals surface area contributed by atoms with Crippen LogP contribution < -0.4 is 10.6 Å². The fourth-order valence-corrected chi connectivity index (χ4v) is 2.19. The summed E-state index contributed by atoms with van der Waals surface area (Å²) in [6, 6.07) is 7.27. The molecule has 0 fully saturated rings. The largest absolute Gasteiger partial charge is 0.467 e. The lowest BCUT2D eigenvalue weighted by molar-refractivity contribution is -0.137. The van der Waals surface area contributed by atoms with Crippen molar-refractivity contribution in [3.05, 3.63) is 53.5 Å². The highest BCUT2D eigenvalue weighted by atomic mass is 19.4. The normalized spacial score (nSPS) is 11.7. The summed E-state index contributed by atoms with van der Waals surface area (Å²) in [5, 5.41) is 0. The van der Waals surface area contributed by atoms with E-state index in [2.05, 4.69) is 0 Å². The molecule has 0 saturated heterocycles. The molecule has 0 spiro atoms. The van der Waals surface area contributed by atoms with Gasteiger partial charge in [0.25, 0.3) is 0 Å². The zero-order valence-corrected chi connectivity index (χ0v) is 11.7. The minimum Gasteiger partial charge on any atom is -0.467 e. The van der Waals surface area contributed by atoms with Crippen molar-refractivity contribution in [3.63, 3.8) is 0 Å². The summed E-state index contributed by atoms with van der Waals surface area (Å²) in [6.07, 6.45) is -2.79. The first kappa shape index (κ1) is 15.4. The monoisotopic (exact) mass is 298 g/mol. The minimum atomic E-state index is -4.36. The van der Waals surface area contributed by atoms with Crippen LogP contribution in [0.25, 0.3) is 0 Å². The standard InChI is InChI=1S/C15H17F3N2O/c1-2-20(10-13-4-3-7-21-13)14-6-5-12(15(16,17)18)8-11(14)9-19/h3-8H,2,9-10,19H2,1H3. The van der Waals surface area contributed by atoms with E-state index in [9.17, 15) is 13.2 Å². The fourth-order valence-electron chi connectivity index (χ4n) is 2.19. The quantitative estimate of drug-likeness (QED) is 0.913. The Kier molecular flexibility index (Phi) is 4.57. The average Bonchev–Trinajstić information content (AvgIpc) is 2.96. The van der Waals surface area contributed by atoms with E-state index in [1.165, 1.54) is 6.07 Å². The molecule has 1 heterocycles. The van der Waals surface area contributed by atoms with Gasteiger partial charge in [-0.2, -0.15) is 13.2 Å². The van der Waals surface area contributed by atoms with Gasteiger partial charge in [0.05, 0.1) is 18.4 Å². The van der Waals surface area contributed by atoms with Gasteiger partial charge in [0, 0.05) is 18.8 Å². The molecule has 114 valence electrons. The fraction of sp³-hybridized carbons (Fsp3) is 0.333. The molecule has 21 heavy (non-hydrogen) atoms. The summed E-state index contributed by atoms with van der Waals surface area (Å²) >= 11 is 0. The van der Waals surface area contributed by atoms with Crippen molar-refractivity contribution in [2.75, 3.05) is 11.4 Å². The maximum absolute atomic E-state index is 12.8. The molecule has 0 atom stereocenters. The van der Waals surface area contributed by atoms with Gasteiger partial charge in [-0.15, -0.1) is 0 Å². The predicted octanol–water partition coefficient (Wildman–Crippen LogP) is 3.78. The number of halogens is 3. The lowest BCUT2D eigenvalue weighted by atomic mass is 10.1. The van der Waals surface area contributed by atoms with Crippen LogP contribution in [-0.2, 0) is 19.3 Å². The zero-order chi connectivity index (χ0) is 15.5. The zero-order valence-electron chi connectivity index (χ0n) is 11.7. The molecule has 0 unspecified atom stereocenters. The number of hydrogen-bond acceptors (Lipinski definition) is 3. The summed E-state index contributed by atoms with van der Waals surface area (Å²) in [7, 11) is 0. The third-order valence-corrected chi connectivity index (χ3v) is 3.28. The summed E-state index contributed by atoms with van der Waals surface area (Å²) in [5.41, 5.74) is 6.10. The first-order valence-electron chi connectivity index (χ1n) is 6.63. The molecule has 6 heteroatoms. The number of anilines is 1. The Morgan fingerprint density at radius 3 is 2.52 bits per heavy atom. The van der Waals surface area contributed by atoms with Crippen LogP contribution in [0.3, 0.4) is 0 Å². The van der Waals surface area contributed by atoms with Crippen LogP contribution in [0.5, 0.6) is 0 Å². The summed E-state index contributed by atoms with van der Waals surface area (Å²) in [4.78, 5) is 1.93. The molecule has 0 aliphatic rings. The van der Waals surface area contributed by atoms with Crippen molar-refractivity contribution < 1.29 is 17.6 Å². The first-order valence-corrected chi connectivity index (χ1v) is 6.63. The van der Waals surface area contributed by atoms with Crippen molar-refractivity contribution >= 4 is 5.69 Å². The lowest BCUT2D eigenvalue weighted by Crippen LogP contribution is -2.24. The molecule has 3 nitrogen and oxygen atoms in total. The molecule has 2 rings (SSSR count). The Bertz CT molecular complexity index is 579. The predicted molar refractivity (Wildman–Crippen MR) is 74.8 cm³/mol. The van der Waals surface area contributed by atoms with Crippen LogP contribution in [0.4, 0.5) is 18.9 Å². The molecule has 0 amide bonds. The van der Waals surface area contributed by atoms with E-state index in [1.54, 1.807) is 12.3 Å². The van der Waals surface area contributed by atoms with Crippen LogP contribution in [0.1, 0.15) is 23.8 Å². The van der Waals surface area contributed by atoms with Gasteiger partial charge in [-0.25, -0.2) is 0 Å². The second-order valence-corrected chi connectivity index (χ2v) is 4.64. The van der Waals surface area contributed by atoms with Gasteiger partial charge < -0.3 is 15.1 Å². The highest BCUT2D eigenvalue weighted by Crippen LogP contribution is 2.33. The molecule has 0 aliphatic carbocycles. The van der Waals surface area contributed by atoms with E-state index in [-0.39, 0.29) is 6.54 Å². The number of hydrogen-bond donors (Lipinski definition) is 1. The minimum absolute atomic E-state index is 0.0495. The van der Waals surface area contributed by atoms with Crippen molar-refractivity contribution in [2.45, 2.75) is 26.2 Å². The number of furan rings is 1. The summed E-state index contributed by atoms with van der Waals surface area (Å²) in [6.45, 7) is 3.11. The number of alkyl halides is 3. The van der Waals surface area contributed by atoms with E-state index in [4.69, 9.17) is 10.2 Å². The van der Waals surface area contributed by atoms with E-state index in [1.807, 2.05) is 17.9 Å². The molecule has 0 radical (unpaired) electrons. The van der Waals surface area contributed by atoms with Crippen LogP contribution in [0.2, 0.25) is 0 Å². The Morgan fingerprint density at radius 1 is 1.24 bits per heavy atom. The van der Waals surface area contributed by atoms with Gasteiger partial charge in [0.15, 0.2) is 0 Å². The molecule has 0 aliphatic heterocycles. The molecule has 1 aromatic heterocycles. The summed E-state index contributed by atoms with van der Waals surface area (Å²) < 4.78 is 43.5. The Hall–Kier alpha value is -1.95. The van der Waals surface area contributed by atoms with Crippen molar-refractivity contribution in [1.82, 2.24) is 0 Å². The SMILES string of the molecule is CCN(Cc1ccco1)c1ccc(C(F)(F)F)cc1CN. The topological polar surface area (TPSA) is 42.4 Å². The number of rotatable bonds is 5. The second-order valence-electron chi connectivity index (χ2n) is 4.64. The molecule has 0 bridgehead atoms. The van der Waals surface area contributed by atoms with E-state index in [0.717, 1.165) is 17.9 Å². The molecule has 0 saturated carbocycles. The van der Waals surface area contributed by atoms with Gasteiger partial charge in [-0.1, -0.05) is 0 Å². The van der Waals surface area contributed by atoms with Crippen LogP contribution >= 0.6 is 0 Å². The maximum atomic E-state index is 12.8. The number of benzene rings is 1. The third-order valence-electron chi connectivity index (χ3n) is 3.28. The Balaban J connectivity index is 2.32. The third kappa shape index (κ3) is 3.58. The van der Waals surface area contributed by atoms with E-state index < -0.39 is 11.7 Å². The van der Waals surface area contributed by atoms with E-state index >= 15 is 0 Å². The van der Waals surface area contributed by atoms with Crippen LogP contribution in [0.15, 0.2) is 41.0 Å². The van der Waals surface area contributed by atoms with E-state index in [0.29, 0.717) is 24.3 Å². The molecule has 2 aromatic rings. The lowest BCUT2D eigenvalue weighted by Gasteiger charge is -2.25. The Morgan fingerprint density at radius 2 is 2.00 bits per heavy atom. The van der Waals surface area contributed by atoms with Gasteiger partial charge in [-0.3, -0.25) is 0 Å². The molecular weight excluding hydrogens is 281 g/mol. The van der Waals surface area contributed by atoms with Gasteiger partial charge in [-0.05, 0) is 42.8 Å². The van der Waals surface area contributed by atoms with Gasteiger partial charge in [0.2, 0.25) is 0 Å². The number of nitrogens with zero attached hydrogens (tertiary/aromatic N) is 1. The summed E-state index contributed by atoms with van der Waals surface area (Å²) in [5.74, 6) is 0.750. The maximum Gasteiger partial charge on any atom is 0.416 e. The smallest absolute Gasteiger partial charge is 0.416 e. The molecule has 2 N–H and O–H groups in total. The Labute approximate surface area is 121 Å². The van der Waals surface area contributed by atoms with Gasteiger partial charge in [0.1, 0.15) is 5.76 Å². The van der Waals surface area contributed by atoms with Crippen LogP contribution in [0, 0.1) is 0 Å². The second kappa shape index (κ2) is 6.22. The average molecular weight is 298 g/mol. The molecule has 1 aromatic carbocycles. The van der Waals surface area contributed by atoms with Crippen molar-refractivity contribution in [1.29, 1.82) is 0 Å². The number of nitrogens with two attached hydrogens (primary N) is 1. The first-order chi connectivity index (χ1) is 9.95. The highest BCUT2D eigenvalue weighted by molar-refractivity contribution is 5.55. The van der Waals surface area contributed by atoms with Crippen molar-refractivity contribution in [3.8, 4) is 0 Å². The van der Waals surface area contributed by atoms with Crippen molar-refractivity contribution in [2.24, 2.45) is 5.73 Å². The highest BCUT2D eigenvalue weighted by Gasteiger charge is 2.31. The van der Waals surface area contributed by atoms with Gasteiger partial charge >= 0.3 is 6.18 Å². The van der Waals surface area contributed by atoms with Crippen LogP contribution in [-0.4, -0.2) is 6.54 Å².